The zero-order valence-corrected chi connectivity index (χ0v) is 17.3. The standard InChI is InChI=1S/C23H26N4O2/c1-5-26(20-9-7-6-8-10-20)22(29)15-27-21(28)14-18(4)24-23(27)25-19-12-11-16(2)17(3)13-19/h6-14H,5,15H2,1-4H3,(H,24,25). The van der Waals surface area contributed by atoms with Crippen molar-refractivity contribution in [1.29, 1.82) is 0 Å². The van der Waals surface area contributed by atoms with Gasteiger partial charge in [0, 0.05) is 29.7 Å². The zero-order valence-electron chi connectivity index (χ0n) is 17.3. The third kappa shape index (κ3) is 4.71. The molecule has 1 N–H and O–H groups in total. The van der Waals surface area contributed by atoms with E-state index in [1.165, 1.54) is 16.2 Å². The average molecular weight is 390 g/mol. The SMILES string of the molecule is CCN(C(=O)Cn1c(Nc2ccc(C)c(C)c2)nc(C)cc1=O)c1ccccc1. The zero-order chi connectivity index (χ0) is 21.0. The van der Waals surface area contributed by atoms with Crippen molar-refractivity contribution in [2.45, 2.75) is 34.2 Å². The third-order valence-corrected chi connectivity index (χ3v) is 4.88. The third-order valence-electron chi connectivity index (χ3n) is 4.88. The van der Waals surface area contributed by atoms with Crippen LogP contribution in [0.3, 0.4) is 0 Å². The van der Waals surface area contributed by atoms with E-state index in [4.69, 9.17) is 0 Å². The highest BCUT2D eigenvalue weighted by molar-refractivity contribution is 5.93. The number of rotatable bonds is 6. The molecule has 0 radical (unpaired) electrons. The Balaban J connectivity index is 1.93. The minimum Gasteiger partial charge on any atom is -0.326 e. The van der Waals surface area contributed by atoms with Gasteiger partial charge in [-0.3, -0.25) is 14.2 Å². The number of benzene rings is 2. The number of nitrogens with zero attached hydrogens (tertiary/aromatic N) is 3. The highest BCUT2D eigenvalue weighted by atomic mass is 16.2. The van der Waals surface area contributed by atoms with Crippen molar-refractivity contribution < 1.29 is 4.79 Å². The van der Waals surface area contributed by atoms with Gasteiger partial charge in [-0.05, 0) is 63.1 Å². The van der Waals surface area contributed by atoms with E-state index in [1.807, 2.05) is 69.3 Å². The molecule has 6 heteroatoms. The maximum absolute atomic E-state index is 13.0. The molecule has 3 aromatic rings. The predicted octanol–water partition coefficient (Wildman–Crippen LogP) is 3.97. The lowest BCUT2D eigenvalue weighted by molar-refractivity contribution is -0.119. The first-order chi connectivity index (χ1) is 13.9. The van der Waals surface area contributed by atoms with Crippen molar-refractivity contribution in [2.24, 2.45) is 0 Å². The van der Waals surface area contributed by atoms with Gasteiger partial charge < -0.3 is 10.2 Å². The summed E-state index contributed by atoms with van der Waals surface area (Å²) < 4.78 is 1.39. The summed E-state index contributed by atoms with van der Waals surface area (Å²) in [4.78, 5) is 31.8. The fourth-order valence-electron chi connectivity index (χ4n) is 3.15. The van der Waals surface area contributed by atoms with Crippen LogP contribution in [-0.4, -0.2) is 22.0 Å². The van der Waals surface area contributed by atoms with Gasteiger partial charge in [-0.2, -0.15) is 0 Å². The summed E-state index contributed by atoms with van der Waals surface area (Å²) in [7, 11) is 0. The van der Waals surface area contributed by atoms with Gasteiger partial charge in [0.15, 0.2) is 0 Å². The van der Waals surface area contributed by atoms with Gasteiger partial charge in [-0.25, -0.2) is 4.98 Å². The Bertz CT molecular complexity index is 1070. The number of nitrogens with one attached hydrogen (secondary N) is 1. The van der Waals surface area contributed by atoms with Gasteiger partial charge in [-0.15, -0.1) is 0 Å². The van der Waals surface area contributed by atoms with Crippen molar-refractivity contribution in [1.82, 2.24) is 9.55 Å². The maximum atomic E-state index is 13.0. The van der Waals surface area contributed by atoms with Crippen molar-refractivity contribution >= 4 is 23.2 Å². The number of likely N-dealkylation sites (N-methyl/N-ethyl adjacent to an activating group) is 1. The van der Waals surface area contributed by atoms with E-state index in [2.05, 4.69) is 10.3 Å². The van der Waals surface area contributed by atoms with Crippen LogP contribution in [0.2, 0.25) is 0 Å². The summed E-state index contributed by atoms with van der Waals surface area (Å²) in [5.41, 5.74) is 4.27. The van der Waals surface area contributed by atoms with E-state index >= 15 is 0 Å². The van der Waals surface area contributed by atoms with Crippen LogP contribution in [0.4, 0.5) is 17.3 Å². The summed E-state index contributed by atoms with van der Waals surface area (Å²) in [6, 6.07) is 16.8. The highest BCUT2D eigenvalue weighted by Gasteiger charge is 2.18. The van der Waals surface area contributed by atoms with Crippen LogP contribution in [0.15, 0.2) is 59.4 Å². The maximum Gasteiger partial charge on any atom is 0.255 e. The monoisotopic (exact) mass is 390 g/mol. The molecular weight excluding hydrogens is 364 g/mol. The molecule has 1 heterocycles. The molecule has 6 nitrogen and oxygen atoms in total. The lowest BCUT2D eigenvalue weighted by Gasteiger charge is -2.22. The molecule has 0 saturated heterocycles. The van der Waals surface area contributed by atoms with E-state index in [9.17, 15) is 9.59 Å². The fourth-order valence-corrected chi connectivity index (χ4v) is 3.15. The second kappa shape index (κ2) is 8.73. The van der Waals surface area contributed by atoms with Crippen LogP contribution in [0.5, 0.6) is 0 Å². The first-order valence-corrected chi connectivity index (χ1v) is 9.67. The minimum atomic E-state index is -0.263. The van der Waals surface area contributed by atoms with Gasteiger partial charge in [0.25, 0.3) is 5.56 Å². The fraction of sp³-hybridized carbons (Fsp3) is 0.261. The summed E-state index contributed by atoms with van der Waals surface area (Å²) >= 11 is 0. The summed E-state index contributed by atoms with van der Waals surface area (Å²) in [5.74, 6) is 0.185. The Labute approximate surface area is 170 Å². The van der Waals surface area contributed by atoms with Gasteiger partial charge >= 0.3 is 0 Å². The Morgan fingerprint density at radius 3 is 2.41 bits per heavy atom. The normalized spacial score (nSPS) is 10.6. The number of anilines is 3. The van der Waals surface area contributed by atoms with E-state index < -0.39 is 0 Å². The largest absolute Gasteiger partial charge is 0.326 e. The first-order valence-electron chi connectivity index (χ1n) is 9.67. The van der Waals surface area contributed by atoms with Gasteiger partial charge in [0.2, 0.25) is 11.9 Å². The minimum absolute atomic E-state index is 0.0952. The number of aryl methyl sites for hydroxylation is 3. The quantitative estimate of drug-likeness (QED) is 0.692. The molecule has 29 heavy (non-hydrogen) atoms. The molecule has 0 aliphatic carbocycles. The first kappa shape index (κ1) is 20.3. The van der Waals surface area contributed by atoms with Crippen LogP contribution >= 0.6 is 0 Å². The molecule has 150 valence electrons. The Morgan fingerprint density at radius 2 is 1.76 bits per heavy atom. The topological polar surface area (TPSA) is 67.2 Å². The molecule has 0 aliphatic rings. The van der Waals surface area contributed by atoms with E-state index in [1.54, 1.807) is 11.8 Å². The van der Waals surface area contributed by atoms with Crippen LogP contribution in [0, 0.1) is 20.8 Å². The lowest BCUT2D eigenvalue weighted by atomic mass is 10.1. The second-order valence-electron chi connectivity index (χ2n) is 7.04. The molecule has 3 rings (SSSR count). The number of para-hydroxylation sites is 1. The van der Waals surface area contributed by atoms with Crippen LogP contribution in [0.25, 0.3) is 0 Å². The molecule has 1 aromatic heterocycles. The molecule has 0 fully saturated rings. The summed E-state index contributed by atoms with van der Waals surface area (Å²) in [6.07, 6.45) is 0. The molecule has 0 atom stereocenters. The molecular formula is C23H26N4O2. The van der Waals surface area contributed by atoms with Gasteiger partial charge in [0.05, 0.1) is 0 Å². The molecule has 2 aromatic carbocycles. The number of carbonyl (C=O) groups excluding carboxylic acids is 1. The smallest absolute Gasteiger partial charge is 0.255 e. The Morgan fingerprint density at radius 1 is 1.03 bits per heavy atom. The predicted molar refractivity (Wildman–Crippen MR) is 117 cm³/mol. The molecule has 0 aliphatic heterocycles. The number of hydrogen-bond donors (Lipinski definition) is 1. The number of aromatic nitrogens is 2. The van der Waals surface area contributed by atoms with Crippen LogP contribution in [-0.2, 0) is 11.3 Å². The second-order valence-corrected chi connectivity index (χ2v) is 7.04. The Kier molecular flexibility index (Phi) is 6.12. The van der Waals surface area contributed by atoms with Crippen molar-refractivity contribution in [3.63, 3.8) is 0 Å². The number of amides is 1. The van der Waals surface area contributed by atoms with Gasteiger partial charge in [-0.1, -0.05) is 24.3 Å². The highest BCUT2D eigenvalue weighted by Crippen LogP contribution is 2.19. The summed E-state index contributed by atoms with van der Waals surface area (Å²) in [6.45, 7) is 8.16. The molecule has 0 saturated carbocycles. The van der Waals surface area contributed by atoms with Crippen LogP contribution < -0.4 is 15.8 Å². The molecule has 0 spiro atoms. The van der Waals surface area contributed by atoms with Crippen LogP contribution in [0.1, 0.15) is 23.7 Å². The molecule has 0 bridgehead atoms. The Hall–Kier alpha value is -3.41. The van der Waals surface area contributed by atoms with Crippen molar-refractivity contribution in [2.75, 3.05) is 16.8 Å². The molecule has 0 unspecified atom stereocenters. The lowest BCUT2D eigenvalue weighted by Crippen LogP contribution is -2.37. The average Bonchev–Trinajstić information content (AvgIpc) is 2.69. The number of carbonyl (C=O) groups is 1. The van der Waals surface area contributed by atoms with E-state index in [-0.39, 0.29) is 18.0 Å². The van der Waals surface area contributed by atoms with E-state index in [0.29, 0.717) is 18.2 Å². The molecule has 1 amide bonds. The number of hydrogen-bond acceptors (Lipinski definition) is 4. The van der Waals surface area contributed by atoms with Crippen molar-refractivity contribution in [3.05, 3.63) is 81.8 Å². The summed E-state index contributed by atoms with van der Waals surface area (Å²) in [5, 5.41) is 3.21. The van der Waals surface area contributed by atoms with E-state index in [0.717, 1.165) is 16.9 Å². The van der Waals surface area contributed by atoms with Gasteiger partial charge in [0.1, 0.15) is 6.54 Å². The van der Waals surface area contributed by atoms with Crippen molar-refractivity contribution in [3.8, 4) is 0 Å².